The van der Waals surface area contributed by atoms with E-state index in [1.165, 1.54) is 61.6 Å². The Morgan fingerprint density at radius 1 is 0.415 bits per heavy atom. The van der Waals surface area contributed by atoms with Crippen LogP contribution in [0.15, 0.2) is 36.4 Å². The van der Waals surface area contributed by atoms with Gasteiger partial charge < -0.3 is 0 Å². The van der Waals surface area contributed by atoms with Crippen molar-refractivity contribution in [2.45, 2.75) is 131 Å². The van der Waals surface area contributed by atoms with Crippen molar-refractivity contribution in [2.24, 2.45) is 0 Å². The van der Waals surface area contributed by atoms with Gasteiger partial charge in [0.2, 0.25) is 0 Å². The zero-order valence-electron chi connectivity index (χ0n) is 28.0. The molecule has 0 nitrogen and oxygen atoms in total. The van der Waals surface area contributed by atoms with Gasteiger partial charge in [0, 0.05) is 44.9 Å². The fraction of sp³-hybridized carbons (Fsp3) is 0.526. The normalized spacial score (nSPS) is 13.0. The third-order valence-corrected chi connectivity index (χ3v) is 12.7. The molecule has 0 N–H and O–H groups in total. The summed E-state index contributed by atoms with van der Waals surface area (Å²) in [6.45, 7) is 32.2. The topological polar surface area (TPSA) is 0 Å². The molecule has 0 aliphatic heterocycles. The molecule has 2 aromatic carbocycles. The minimum Gasteiger partial charge on any atom is -0.139 e. The Hall–Kier alpha value is -1.68. The summed E-state index contributed by atoms with van der Waals surface area (Å²) in [4.78, 5) is 4.48. The SMILES string of the molecule is CC(C)c1cc(C(C)C)cc(C(C)C)c1.CC(C)c1cc2c(s1)c1cc(C(C)(C)C)sc1c1cc(C(C)(C)C)sc21. The number of hydrogen-bond acceptors (Lipinski definition) is 3. The van der Waals surface area contributed by atoms with Gasteiger partial charge in [0.25, 0.3) is 0 Å². The van der Waals surface area contributed by atoms with E-state index in [1.807, 2.05) is 34.0 Å². The average Bonchev–Trinajstić information content (AvgIpc) is 3.58. The van der Waals surface area contributed by atoms with Crippen LogP contribution in [-0.4, -0.2) is 0 Å². The molecule has 5 rings (SSSR count). The predicted molar refractivity (Wildman–Crippen MR) is 193 cm³/mol. The highest BCUT2D eigenvalue weighted by atomic mass is 32.1. The number of fused-ring (bicyclic) bond motifs is 6. The number of benzene rings is 2. The largest absolute Gasteiger partial charge is 0.139 e. The number of hydrogen-bond donors (Lipinski definition) is 0. The maximum absolute atomic E-state index is 2.47. The Balaban J connectivity index is 0.000000221. The Bertz CT molecular complexity index is 1500. The Kier molecular flexibility index (Phi) is 9.26. The highest BCUT2D eigenvalue weighted by molar-refractivity contribution is 7.27. The van der Waals surface area contributed by atoms with Crippen LogP contribution in [0.1, 0.15) is 152 Å². The lowest BCUT2D eigenvalue weighted by Gasteiger charge is -2.16. The van der Waals surface area contributed by atoms with Crippen LogP contribution in [0.3, 0.4) is 0 Å². The van der Waals surface area contributed by atoms with Crippen LogP contribution in [0.25, 0.3) is 30.3 Å². The minimum atomic E-state index is 0.198. The van der Waals surface area contributed by atoms with E-state index in [-0.39, 0.29) is 10.8 Å². The van der Waals surface area contributed by atoms with Gasteiger partial charge in [-0.15, -0.1) is 34.0 Å². The maximum atomic E-state index is 2.47. The van der Waals surface area contributed by atoms with Crippen molar-refractivity contribution in [2.75, 3.05) is 0 Å². The van der Waals surface area contributed by atoms with Crippen LogP contribution in [0, 0.1) is 0 Å². The van der Waals surface area contributed by atoms with E-state index in [9.17, 15) is 0 Å². The van der Waals surface area contributed by atoms with Gasteiger partial charge in [-0.1, -0.05) is 115 Å². The summed E-state index contributed by atoms with van der Waals surface area (Å²) in [5, 5.41) is 4.41. The van der Waals surface area contributed by atoms with E-state index in [0.29, 0.717) is 23.7 Å². The summed E-state index contributed by atoms with van der Waals surface area (Å²) in [7, 11) is 0. The molecular formula is C38H52S3. The standard InChI is InChI=1S/C23H28S3.C15H24/c1-12(2)16-9-13-19(24-16)14-10-17(22(3,4)5)26-21(14)15-11-18(23(6,7)8)25-20(13)15;1-10(2)13-7-14(11(3)4)9-15(8-13)12(5)6/h9-12H,1-8H3;7-12H,1-6H3. The maximum Gasteiger partial charge on any atom is 0.0447 e. The summed E-state index contributed by atoms with van der Waals surface area (Å²) < 4.78 is 4.47. The molecule has 41 heavy (non-hydrogen) atoms. The van der Waals surface area contributed by atoms with Crippen LogP contribution in [0.2, 0.25) is 0 Å². The molecule has 0 atom stereocenters. The van der Waals surface area contributed by atoms with Crippen molar-refractivity contribution in [3.8, 4) is 0 Å². The van der Waals surface area contributed by atoms with Gasteiger partial charge in [0.1, 0.15) is 0 Å². The van der Waals surface area contributed by atoms with E-state index < -0.39 is 0 Å². The van der Waals surface area contributed by atoms with Crippen molar-refractivity contribution < 1.29 is 0 Å². The molecule has 3 heterocycles. The molecule has 0 saturated carbocycles. The fourth-order valence-electron chi connectivity index (χ4n) is 5.02. The molecule has 0 aliphatic rings. The molecule has 5 aromatic rings. The third-order valence-electron chi connectivity index (χ3n) is 8.00. The van der Waals surface area contributed by atoms with Crippen molar-refractivity contribution in [1.82, 2.24) is 0 Å². The second-order valence-corrected chi connectivity index (χ2v) is 18.3. The summed E-state index contributed by atoms with van der Waals surface area (Å²) in [5.74, 6) is 2.46. The van der Waals surface area contributed by atoms with Crippen LogP contribution in [0.4, 0.5) is 0 Å². The molecular weight excluding hydrogens is 553 g/mol. The molecule has 3 aromatic heterocycles. The first-order chi connectivity index (χ1) is 18.9. The first kappa shape index (κ1) is 32.2. The summed E-state index contributed by atoms with van der Waals surface area (Å²) in [6.07, 6.45) is 0. The molecule has 3 heteroatoms. The molecule has 0 bridgehead atoms. The minimum absolute atomic E-state index is 0.198. The number of rotatable bonds is 4. The molecule has 0 aliphatic carbocycles. The van der Waals surface area contributed by atoms with Gasteiger partial charge in [-0.25, -0.2) is 0 Å². The van der Waals surface area contributed by atoms with Crippen LogP contribution < -0.4 is 0 Å². The monoisotopic (exact) mass is 604 g/mol. The van der Waals surface area contributed by atoms with E-state index in [4.69, 9.17) is 0 Å². The number of thiophene rings is 3. The second-order valence-electron chi connectivity index (χ2n) is 15.2. The molecule has 0 fully saturated rings. The van der Waals surface area contributed by atoms with E-state index in [0.717, 1.165) is 0 Å². The van der Waals surface area contributed by atoms with Gasteiger partial charge in [-0.3, -0.25) is 0 Å². The van der Waals surface area contributed by atoms with Gasteiger partial charge in [0.15, 0.2) is 0 Å². The molecule has 0 amide bonds. The quantitative estimate of drug-likeness (QED) is 0.191. The zero-order valence-corrected chi connectivity index (χ0v) is 30.4. The first-order valence-corrected chi connectivity index (χ1v) is 17.9. The Labute approximate surface area is 262 Å². The third kappa shape index (κ3) is 6.78. The van der Waals surface area contributed by atoms with Gasteiger partial charge in [-0.05, 0) is 69.4 Å². The average molecular weight is 605 g/mol. The summed E-state index contributed by atoms with van der Waals surface area (Å²) in [5.41, 5.74) is 4.83. The highest BCUT2D eigenvalue weighted by Crippen LogP contribution is 2.49. The van der Waals surface area contributed by atoms with Crippen molar-refractivity contribution in [1.29, 1.82) is 0 Å². The molecule has 0 saturated heterocycles. The van der Waals surface area contributed by atoms with Crippen LogP contribution in [0.5, 0.6) is 0 Å². The highest BCUT2D eigenvalue weighted by Gasteiger charge is 2.24. The predicted octanol–water partition coefficient (Wildman–Crippen LogP) is 14.1. The lowest BCUT2D eigenvalue weighted by atomic mass is 9.90. The van der Waals surface area contributed by atoms with Gasteiger partial charge in [0.05, 0.1) is 0 Å². The summed E-state index contributed by atoms with van der Waals surface area (Å²) in [6, 6.07) is 14.5. The lowest BCUT2D eigenvalue weighted by Crippen LogP contribution is -2.07. The van der Waals surface area contributed by atoms with Gasteiger partial charge >= 0.3 is 0 Å². The van der Waals surface area contributed by atoms with E-state index in [1.54, 1.807) is 0 Å². The molecule has 0 spiro atoms. The smallest absolute Gasteiger partial charge is 0.0447 e. The Morgan fingerprint density at radius 2 is 0.732 bits per heavy atom. The molecule has 222 valence electrons. The zero-order chi connectivity index (χ0) is 30.6. The van der Waals surface area contributed by atoms with E-state index >= 15 is 0 Å². The first-order valence-electron chi connectivity index (χ1n) is 15.5. The van der Waals surface area contributed by atoms with Crippen LogP contribution in [-0.2, 0) is 10.8 Å². The second kappa shape index (κ2) is 11.8. The molecule has 0 radical (unpaired) electrons. The van der Waals surface area contributed by atoms with Gasteiger partial charge in [-0.2, -0.15) is 0 Å². The van der Waals surface area contributed by atoms with Crippen molar-refractivity contribution >= 4 is 64.3 Å². The summed E-state index contributed by atoms with van der Waals surface area (Å²) >= 11 is 6.01. The van der Waals surface area contributed by atoms with E-state index in [2.05, 4.69) is 133 Å². The van der Waals surface area contributed by atoms with Crippen LogP contribution >= 0.6 is 34.0 Å². The van der Waals surface area contributed by atoms with Crippen molar-refractivity contribution in [3.05, 3.63) is 67.7 Å². The van der Waals surface area contributed by atoms with Crippen molar-refractivity contribution in [3.63, 3.8) is 0 Å². The lowest BCUT2D eigenvalue weighted by molar-refractivity contribution is 0.604. The fourth-order valence-corrected chi connectivity index (χ4v) is 8.90. The Morgan fingerprint density at radius 3 is 1.02 bits per heavy atom. The molecule has 0 unspecified atom stereocenters.